The monoisotopic (exact) mass is 285 g/mol. The van der Waals surface area contributed by atoms with Gasteiger partial charge in [0, 0.05) is 11.8 Å². The number of para-hydroxylation sites is 1. The van der Waals surface area contributed by atoms with E-state index in [0.29, 0.717) is 5.92 Å². The zero-order chi connectivity index (χ0) is 14.5. The molecule has 1 aromatic carbocycles. The molecule has 20 heavy (non-hydrogen) atoms. The van der Waals surface area contributed by atoms with Crippen molar-refractivity contribution >= 4 is 29.0 Å². The Morgan fingerprint density at radius 1 is 1.30 bits per heavy atom. The molecule has 2 nitrogen and oxygen atoms in total. The molecule has 0 unspecified atom stereocenters. The fourth-order valence-corrected chi connectivity index (χ4v) is 2.68. The van der Waals surface area contributed by atoms with Gasteiger partial charge in [-0.25, -0.2) is 0 Å². The van der Waals surface area contributed by atoms with Gasteiger partial charge in [-0.05, 0) is 52.4 Å². The summed E-state index contributed by atoms with van der Waals surface area (Å²) in [4.78, 5) is 12.0. The average Bonchev–Trinajstić information content (AvgIpc) is 2.91. The number of anilines is 1. The minimum absolute atomic E-state index is 0.0904. The second kappa shape index (κ2) is 6.53. The fraction of sp³-hybridized carbons (Fsp3) is 0.235. The van der Waals surface area contributed by atoms with Crippen molar-refractivity contribution in [2.45, 2.75) is 26.7 Å². The summed E-state index contributed by atoms with van der Waals surface area (Å²) in [5.41, 5.74) is 4.25. The summed E-state index contributed by atoms with van der Waals surface area (Å²) in [5, 5.41) is 7.01. The van der Waals surface area contributed by atoms with E-state index in [2.05, 4.69) is 25.2 Å². The molecule has 104 valence electrons. The van der Waals surface area contributed by atoms with Crippen LogP contribution in [0.5, 0.6) is 0 Å². The minimum atomic E-state index is -0.0904. The predicted octanol–water partition coefficient (Wildman–Crippen LogP) is 4.83. The molecule has 0 atom stereocenters. The minimum Gasteiger partial charge on any atom is -0.322 e. The van der Waals surface area contributed by atoms with Gasteiger partial charge in [-0.3, -0.25) is 4.79 Å². The number of hydrogen-bond donors (Lipinski definition) is 1. The topological polar surface area (TPSA) is 29.1 Å². The lowest BCUT2D eigenvalue weighted by Gasteiger charge is -2.15. The molecular weight excluding hydrogens is 266 g/mol. The van der Waals surface area contributed by atoms with Crippen molar-refractivity contribution in [3.8, 4) is 0 Å². The highest BCUT2D eigenvalue weighted by Crippen LogP contribution is 2.27. The summed E-state index contributed by atoms with van der Waals surface area (Å²) in [6.07, 6.45) is 3.41. The van der Waals surface area contributed by atoms with E-state index in [-0.39, 0.29) is 5.91 Å². The molecule has 0 spiro atoms. The van der Waals surface area contributed by atoms with Crippen LogP contribution in [0.2, 0.25) is 0 Å². The van der Waals surface area contributed by atoms with Gasteiger partial charge in [0.2, 0.25) is 5.91 Å². The van der Waals surface area contributed by atoms with Gasteiger partial charge in [0.1, 0.15) is 0 Å². The third kappa shape index (κ3) is 3.58. The first-order chi connectivity index (χ1) is 9.58. The maximum Gasteiger partial charge on any atom is 0.248 e. The van der Waals surface area contributed by atoms with Crippen LogP contribution in [-0.4, -0.2) is 5.91 Å². The lowest BCUT2D eigenvalue weighted by Crippen LogP contribution is -2.11. The highest BCUT2D eigenvalue weighted by atomic mass is 32.1. The number of aryl methyl sites for hydroxylation is 1. The molecule has 0 aliphatic heterocycles. The third-order valence-electron chi connectivity index (χ3n) is 3.15. The zero-order valence-electron chi connectivity index (χ0n) is 12.0. The lowest BCUT2D eigenvalue weighted by atomic mass is 9.98. The zero-order valence-corrected chi connectivity index (χ0v) is 12.8. The Bertz CT molecular complexity index is 612. The van der Waals surface area contributed by atoms with Crippen LogP contribution >= 0.6 is 11.3 Å². The number of nitrogens with one attached hydrogen (secondary N) is 1. The molecule has 1 heterocycles. The number of carbonyl (C=O) groups is 1. The molecule has 0 saturated carbocycles. The van der Waals surface area contributed by atoms with Gasteiger partial charge < -0.3 is 5.32 Å². The van der Waals surface area contributed by atoms with Gasteiger partial charge in [-0.2, -0.15) is 11.3 Å². The Balaban J connectivity index is 2.15. The molecule has 3 heteroatoms. The van der Waals surface area contributed by atoms with E-state index in [1.165, 1.54) is 5.56 Å². The predicted molar refractivity (Wildman–Crippen MR) is 87.3 cm³/mol. The van der Waals surface area contributed by atoms with Crippen molar-refractivity contribution < 1.29 is 4.79 Å². The fourth-order valence-electron chi connectivity index (χ4n) is 2.05. The smallest absolute Gasteiger partial charge is 0.248 e. The number of carbonyl (C=O) groups excluding carboxylic acids is 1. The van der Waals surface area contributed by atoms with Crippen molar-refractivity contribution in [2.24, 2.45) is 0 Å². The SMILES string of the molecule is Cc1cccc(C(C)C)c1NC(=O)/C=C/c1ccsc1. The normalized spacial score (nSPS) is 11.2. The van der Waals surface area contributed by atoms with Crippen LogP contribution in [-0.2, 0) is 4.79 Å². The maximum atomic E-state index is 12.0. The first-order valence-corrected chi connectivity index (χ1v) is 7.63. The molecule has 0 bridgehead atoms. The van der Waals surface area contributed by atoms with E-state index in [4.69, 9.17) is 0 Å². The van der Waals surface area contributed by atoms with Crippen LogP contribution in [0.3, 0.4) is 0 Å². The number of benzene rings is 1. The Hall–Kier alpha value is -1.87. The molecule has 1 N–H and O–H groups in total. The van der Waals surface area contributed by atoms with Gasteiger partial charge in [-0.1, -0.05) is 32.0 Å². The van der Waals surface area contributed by atoms with Crippen molar-refractivity contribution in [3.63, 3.8) is 0 Å². The molecule has 0 fully saturated rings. The molecule has 0 aliphatic carbocycles. The Morgan fingerprint density at radius 2 is 2.10 bits per heavy atom. The molecule has 0 saturated heterocycles. The number of hydrogen-bond acceptors (Lipinski definition) is 2. The first-order valence-electron chi connectivity index (χ1n) is 6.68. The molecular formula is C17H19NOS. The summed E-state index contributed by atoms with van der Waals surface area (Å²) in [6.45, 7) is 6.28. The number of amides is 1. The van der Waals surface area contributed by atoms with Gasteiger partial charge in [0.25, 0.3) is 0 Å². The van der Waals surface area contributed by atoms with Crippen LogP contribution in [0.15, 0.2) is 41.1 Å². The van der Waals surface area contributed by atoms with Crippen LogP contribution in [0.25, 0.3) is 6.08 Å². The first kappa shape index (κ1) is 14.5. The summed E-state index contributed by atoms with van der Waals surface area (Å²) in [5.74, 6) is 0.290. The van der Waals surface area contributed by atoms with Crippen molar-refractivity contribution in [3.05, 3.63) is 57.8 Å². The molecule has 0 aliphatic rings. The van der Waals surface area contributed by atoms with Crippen LogP contribution < -0.4 is 5.32 Å². The Morgan fingerprint density at radius 3 is 2.75 bits per heavy atom. The Labute approximate surface area is 124 Å². The standard InChI is InChI=1S/C17H19NOS/c1-12(2)15-6-4-5-13(3)17(15)18-16(19)8-7-14-9-10-20-11-14/h4-12H,1-3H3,(H,18,19)/b8-7+. The van der Waals surface area contributed by atoms with Crippen LogP contribution in [0.1, 0.15) is 36.5 Å². The van der Waals surface area contributed by atoms with Gasteiger partial charge in [-0.15, -0.1) is 0 Å². The van der Waals surface area contributed by atoms with Crippen molar-refractivity contribution in [1.82, 2.24) is 0 Å². The van der Waals surface area contributed by atoms with E-state index in [9.17, 15) is 4.79 Å². The molecule has 0 radical (unpaired) electrons. The Kier molecular flexibility index (Phi) is 4.74. The highest BCUT2D eigenvalue weighted by Gasteiger charge is 2.10. The van der Waals surface area contributed by atoms with E-state index in [0.717, 1.165) is 16.8 Å². The molecule has 2 aromatic rings. The van der Waals surface area contributed by atoms with Crippen LogP contribution in [0, 0.1) is 6.92 Å². The molecule has 1 aromatic heterocycles. The average molecular weight is 285 g/mol. The number of thiophene rings is 1. The highest BCUT2D eigenvalue weighted by molar-refractivity contribution is 7.08. The van der Waals surface area contributed by atoms with E-state index in [1.807, 2.05) is 42.0 Å². The van der Waals surface area contributed by atoms with Crippen LogP contribution in [0.4, 0.5) is 5.69 Å². The largest absolute Gasteiger partial charge is 0.322 e. The lowest BCUT2D eigenvalue weighted by molar-refractivity contribution is -0.111. The number of rotatable bonds is 4. The molecule has 1 amide bonds. The van der Waals surface area contributed by atoms with Gasteiger partial charge in [0.15, 0.2) is 0 Å². The summed E-state index contributed by atoms with van der Waals surface area (Å²) in [7, 11) is 0. The van der Waals surface area contributed by atoms with Gasteiger partial charge in [0.05, 0.1) is 0 Å². The maximum absolute atomic E-state index is 12.0. The van der Waals surface area contributed by atoms with Crippen molar-refractivity contribution in [2.75, 3.05) is 5.32 Å². The molecule has 2 rings (SSSR count). The summed E-state index contributed by atoms with van der Waals surface area (Å²) in [6, 6.07) is 8.10. The van der Waals surface area contributed by atoms with E-state index < -0.39 is 0 Å². The summed E-state index contributed by atoms with van der Waals surface area (Å²) < 4.78 is 0. The van der Waals surface area contributed by atoms with Gasteiger partial charge >= 0.3 is 0 Å². The summed E-state index contributed by atoms with van der Waals surface area (Å²) >= 11 is 1.62. The van der Waals surface area contributed by atoms with E-state index in [1.54, 1.807) is 17.4 Å². The van der Waals surface area contributed by atoms with E-state index >= 15 is 0 Å². The van der Waals surface area contributed by atoms with Crippen molar-refractivity contribution in [1.29, 1.82) is 0 Å². The second-order valence-corrected chi connectivity index (χ2v) is 5.85. The quantitative estimate of drug-likeness (QED) is 0.801. The second-order valence-electron chi connectivity index (χ2n) is 5.07. The third-order valence-corrected chi connectivity index (χ3v) is 3.85.